The molecule has 0 heterocycles. The summed E-state index contributed by atoms with van der Waals surface area (Å²) >= 11 is 7.60. The molecule has 0 aromatic heterocycles. The van der Waals surface area contributed by atoms with Crippen molar-refractivity contribution in [3.05, 3.63) is 0 Å². The average Bonchev–Trinajstić information content (AvgIpc) is 3.03. The van der Waals surface area contributed by atoms with Crippen LogP contribution in [0, 0.1) is 52.3 Å². The Bertz CT molecular complexity index is 647. The minimum Gasteiger partial charge on any atom is -0.297 e. The molecule has 0 aromatic rings. The summed E-state index contributed by atoms with van der Waals surface area (Å²) in [4.78, 5) is 12.8. The second-order valence-corrected chi connectivity index (χ2v) is 14.7. The molecule has 0 N–H and O–H groups in total. The minimum atomic E-state index is 0.0486. The van der Waals surface area contributed by atoms with E-state index in [0.717, 1.165) is 41.9 Å². The van der Waals surface area contributed by atoms with E-state index in [1.54, 1.807) is 0 Å². The highest BCUT2D eigenvalue weighted by atomic mass is 79.9. The average molecular weight is 544 g/mol. The first-order chi connectivity index (χ1) is 14.1. The number of ketones is 1. The summed E-state index contributed by atoms with van der Waals surface area (Å²) in [6.45, 7) is 12.5. The van der Waals surface area contributed by atoms with Gasteiger partial charge in [0.05, 0.1) is 9.65 Å². The molecule has 0 unspecified atom stereocenters. The first-order valence-electron chi connectivity index (χ1n) is 12.9. The number of Topliss-reactive ketones (excluding diaryl/α,β-unsaturated/α-hetero) is 1. The van der Waals surface area contributed by atoms with Crippen molar-refractivity contribution in [2.75, 3.05) is 0 Å². The third kappa shape index (κ3) is 3.82. The molecule has 0 amide bonds. The molecule has 1 nitrogen and oxygen atoms in total. The van der Waals surface area contributed by atoms with E-state index in [-0.39, 0.29) is 9.65 Å². The Kier molecular flexibility index (Phi) is 6.95. The predicted octanol–water partition coefficient (Wildman–Crippen LogP) is 8.42. The molecule has 3 heteroatoms. The van der Waals surface area contributed by atoms with E-state index in [4.69, 9.17) is 0 Å². The normalized spacial score (nSPS) is 49.5. The van der Waals surface area contributed by atoms with Crippen molar-refractivity contribution in [2.45, 2.75) is 108 Å². The molecule has 4 saturated carbocycles. The van der Waals surface area contributed by atoms with E-state index in [1.807, 2.05) is 0 Å². The molecule has 4 rings (SSSR count). The molecule has 10 atom stereocenters. The van der Waals surface area contributed by atoms with Crippen molar-refractivity contribution in [1.29, 1.82) is 0 Å². The lowest BCUT2D eigenvalue weighted by Crippen LogP contribution is -2.58. The summed E-state index contributed by atoms with van der Waals surface area (Å²) in [5.41, 5.74) is 0.884. The topological polar surface area (TPSA) is 17.1 Å². The second kappa shape index (κ2) is 8.77. The van der Waals surface area contributed by atoms with Crippen LogP contribution in [0.15, 0.2) is 0 Å². The highest BCUT2D eigenvalue weighted by Crippen LogP contribution is 2.68. The first-order valence-corrected chi connectivity index (χ1v) is 14.7. The van der Waals surface area contributed by atoms with Crippen LogP contribution in [-0.2, 0) is 4.79 Å². The van der Waals surface area contributed by atoms with E-state index in [1.165, 1.54) is 57.8 Å². The molecular weight excluding hydrogens is 500 g/mol. The summed E-state index contributed by atoms with van der Waals surface area (Å²) in [6.07, 6.45) is 13.6. The highest BCUT2D eigenvalue weighted by molar-refractivity contribution is 9.10. The van der Waals surface area contributed by atoms with Gasteiger partial charge in [0, 0.05) is 0 Å². The quantitative estimate of drug-likeness (QED) is 0.318. The number of hydrogen-bond acceptors (Lipinski definition) is 1. The number of halogens is 2. The third-order valence-corrected chi connectivity index (χ3v) is 12.6. The zero-order valence-electron chi connectivity index (χ0n) is 19.9. The Morgan fingerprint density at radius 1 is 0.900 bits per heavy atom. The van der Waals surface area contributed by atoms with E-state index in [9.17, 15) is 4.79 Å². The number of carbonyl (C=O) groups excluding carboxylic acids is 1. The Morgan fingerprint density at radius 3 is 2.27 bits per heavy atom. The zero-order valence-corrected chi connectivity index (χ0v) is 23.1. The fourth-order valence-electron chi connectivity index (χ4n) is 9.15. The first kappa shape index (κ1) is 23.8. The summed E-state index contributed by atoms with van der Waals surface area (Å²) in [5, 5.41) is 0. The van der Waals surface area contributed by atoms with Crippen molar-refractivity contribution in [2.24, 2.45) is 52.3 Å². The molecule has 4 fully saturated rings. The maximum Gasteiger partial charge on any atom is 0.160 e. The van der Waals surface area contributed by atoms with Gasteiger partial charge in [-0.2, -0.15) is 0 Å². The molecule has 0 bridgehead atoms. The molecule has 4 aliphatic carbocycles. The van der Waals surface area contributed by atoms with Gasteiger partial charge in [-0.05, 0) is 97.2 Å². The number of hydrogen-bond donors (Lipinski definition) is 0. The summed E-state index contributed by atoms with van der Waals surface area (Å²) in [5.74, 6) is 6.23. The van der Waals surface area contributed by atoms with Crippen LogP contribution < -0.4 is 0 Å². The smallest absolute Gasteiger partial charge is 0.160 e. The molecule has 0 aromatic carbocycles. The number of rotatable bonds is 5. The van der Waals surface area contributed by atoms with Gasteiger partial charge in [-0.3, -0.25) is 4.79 Å². The Hall–Kier alpha value is 0.630. The van der Waals surface area contributed by atoms with Gasteiger partial charge in [-0.25, -0.2) is 0 Å². The fraction of sp³-hybridized carbons (Fsp3) is 0.963. The lowest BCUT2D eigenvalue weighted by Gasteiger charge is -2.61. The second-order valence-electron chi connectivity index (χ2n) is 12.6. The molecule has 172 valence electrons. The van der Waals surface area contributed by atoms with E-state index >= 15 is 0 Å². The lowest BCUT2D eigenvalue weighted by atomic mass is 9.44. The molecule has 0 aliphatic heterocycles. The zero-order chi connectivity index (χ0) is 21.8. The monoisotopic (exact) mass is 542 g/mol. The maximum atomic E-state index is 12.7. The van der Waals surface area contributed by atoms with Gasteiger partial charge in [0.2, 0.25) is 0 Å². The summed E-state index contributed by atoms with van der Waals surface area (Å²) in [7, 11) is 0. The largest absolute Gasteiger partial charge is 0.297 e. The SMILES string of the molecule is CC(C)CCC[C@H](C)[C@H]1CC[C@H]2[C@@H]3CC[C@@H]4[C@@H](Br)C(=O)[C@@H](Br)C[C@]4(C)[C@H]3CC[C@]12C. The summed E-state index contributed by atoms with van der Waals surface area (Å²) < 4.78 is 0. The molecule has 0 radical (unpaired) electrons. The molecule has 4 aliphatic rings. The lowest BCUT2D eigenvalue weighted by molar-refractivity contribution is -0.137. The van der Waals surface area contributed by atoms with Gasteiger partial charge in [-0.15, -0.1) is 0 Å². The Labute approximate surface area is 202 Å². The van der Waals surface area contributed by atoms with Gasteiger partial charge in [0.15, 0.2) is 5.78 Å². The number of fused-ring (bicyclic) bond motifs is 5. The minimum absolute atomic E-state index is 0.0486. The highest BCUT2D eigenvalue weighted by Gasteiger charge is 2.62. The van der Waals surface area contributed by atoms with Crippen molar-refractivity contribution >= 4 is 37.6 Å². The van der Waals surface area contributed by atoms with Gasteiger partial charge in [-0.1, -0.05) is 85.7 Å². The van der Waals surface area contributed by atoms with Crippen molar-refractivity contribution in [3.8, 4) is 0 Å². The fourth-order valence-corrected chi connectivity index (χ4v) is 11.7. The van der Waals surface area contributed by atoms with Crippen LogP contribution in [0.25, 0.3) is 0 Å². The Morgan fingerprint density at radius 2 is 1.57 bits per heavy atom. The Balaban J connectivity index is 1.50. The van der Waals surface area contributed by atoms with Gasteiger partial charge in [0.1, 0.15) is 0 Å². The van der Waals surface area contributed by atoms with Crippen LogP contribution in [0.2, 0.25) is 0 Å². The summed E-state index contributed by atoms with van der Waals surface area (Å²) in [6, 6.07) is 0. The van der Waals surface area contributed by atoms with Crippen LogP contribution in [0.1, 0.15) is 98.8 Å². The predicted molar refractivity (Wildman–Crippen MR) is 134 cm³/mol. The van der Waals surface area contributed by atoms with Crippen molar-refractivity contribution in [3.63, 3.8) is 0 Å². The maximum absolute atomic E-state index is 12.7. The van der Waals surface area contributed by atoms with Gasteiger partial charge >= 0.3 is 0 Å². The van der Waals surface area contributed by atoms with Crippen LogP contribution in [0.5, 0.6) is 0 Å². The number of carbonyl (C=O) groups is 1. The molecule has 30 heavy (non-hydrogen) atoms. The number of alkyl halides is 2. The van der Waals surface area contributed by atoms with Gasteiger partial charge in [0.25, 0.3) is 0 Å². The van der Waals surface area contributed by atoms with Crippen LogP contribution in [0.3, 0.4) is 0 Å². The van der Waals surface area contributed by atoms with Gasteiger partial charge < -0.3 is 0 Å². The van der Waals surface area contributed by atoms with Crippen molar-refractivity contribution < 1.29 is 4.79 Å². The van der Waals surface area contributed by atoms with Crippen LogP contribution >= 0.6 is 31.9 Å². The van der Waals surface area contributed by atoms with Crippen LogP contribution in [-0.4, -0.2) is 15.4 Å². The standard InChI is InChI=1S/C27H44Br2O/c1-16(2)7-6-8-17(3)19-11-12-20-18-9-10-22-24(29)25(30)23(28)15-27(22,5)21(18)13-14-26(19,20)4/h16-24H,6-15H2,1-5H3/t17-,18-,19+,20-,21-,22+,23-,24+,26+,27+/m0/s1. The molecule has 0 spiro atoms. The van der Waals surface area contributed by atoms with E-state index < -0.39 is 0 Å². The van der Waals surface area contributed by atoms with E-state index in [0.29, 0.717) is 22.5 Å². The van der Waals surface area contributed by atoms with E-state index in [2.05, 4.69) is 66.5 Å². The molecule has 0 saturated heterocycles. The van der Waals surface area contributed by atoms with Crippen LogP contribution in [0.4, 0.5) is 0 Å². The third-order valence-electron chi connectivity index (χ3n) is 10.7. The van der Waals surface area contributed by atoms with Crippen molar-refractivity contribution in [1.82, 2.24) is 0 Å². The molecular formula is C27H44Br2O.